The highest BCUT2D eigenvalue weighted by molar-refractivity contribution is 9.10. The van der Waals surface area contributed by atoms with E-state index in [0.717, 1.165) is 38.5 Å². The van der Waals surface area contributed by atoms with Crippen molar-refractivity contribution in [3.63, 3.8) is 0 Å². The summed E-state index contributed by atoms with van der Waals surface area (Å²) in [6.45, 7) is 0. The summed E-state index contributed by atoms with van der Waals surface area (Å²) in [4.78, 5) is 0. The van der Waals surface area contributed by atoms with Crippen LogP contribution in [0.3, 0.4) is 0 Å². The number of benzene rings is 2. The predicted molar refractivity (Wildman–Crippen MR) is 112 cm³/mol. The molecule has 0 spiro atoms. The zero-order valence-corrected chi connectivity index (χ0v) is 17.7. The third-order valence-electron chi connectivity index (χ3n) is 5.46. The summed E-state index contributed by atoms with van der Waals surface area (Å²) in [5.74, 6) is 2.82. The lowest BCUT2D eigenvalue weighted by Gasteiger charge is -2.38. The molecule has 2 unspecified atom stereocenters. The van der Waals surface area contributed by atoms with Crippen LogP contribution in [0.15, 0.2) is 40.9 Å². The molecular formula is C21H21BrClNO3. The Balaban J connectivity index is 1.85. The van der Waals surface area contributed by atoms with E-state index < -0.39 is 0 Å². The standard InChI is InChI=1S/C21H21BrClNO3/c1-25-16-8-7-15(23)18-12-5-4-6-13(12)19(24-20(16)18)11-9-14(22)21(27-3)17(10-11)26-2/h4-5,7-10,12-13,19,24H,6H2,1-3H3/t12?,13?,19-/m0/s1. The minimum absolute atomic E-state index is 0.0981. The molecule has 4 nitrogen and oxygen atoms in total. The molecule has 2 aromatic carbocycles. The smallest absolute Gasteiger partial charge is 0.174 e. The molecule has 2 aromatic rings. The Kier molecular flexibility index (Phi) is 4.99. The van der Waals surface area contributed by atoms with Crippen molar-refractivity contribution in [3.8, 4) is 17.2 Å². The van der Waals surface area contributed by atoms with Crippen LogP contribution in [0.2, 0.25) is 5.02 Å². The van der Waals surface area contributed by atoms with Crippen LogP contribution in [0.5, 0.6) is 17.2 Å². The van der Waals surface area contributed by atoms with E-state index in [9.17, 15) is 0 Å². The van der Waals surface area contributed by atoms with Gasteiger partial charge in [0.2, 0.25) is 0 Å². The van der Waals surface area contributed by atoms with Crippen molar-refractivity contribution in [2.24, 2.45) is 5.92 Å². The Labute approximate surface area is 172 Å². The van der Waals surface area contributed by atoms with Crippen molar-refractivity contribution in [2.45, 2.75) is 18.4 Å². The molecule has 4 rings (SSSR count). The van der Waals surface area contributed by atoms with Gasteiger partial charge < -0.3 is 19.5 Å². The highest BCUT2D eigenvalue weighted by Crippen LogP contribution is 2.55. The fraction of sp³-hybridized carbons (Fsp3) is 0.333. The fourth-order valence-corrected chi connectivity index (χ4v) is 5.16. The lowest BCUT2D eigenvalue weighted by molar-refractivity contribution is 0.350. The first-order valence-electron chi connectivity index (χ1n) is 8.80. The van der Waals surface area contributed by atoms with Gasteiger partial charge in [-0.25, -0.2) is 0 Å². The zero-order chi connectivity index (χ0) is 19.1. The molecule has 6 heteroatoms. The first-order valence-corrected chi connectivity index (χ1v) is 9.97. The van der Waals surface area contributed by atoms with Crippen LogP contribution in [0, 0.1) is 5.92 Å². The van der Waals surface area contributed by atoms with E-state index in [1.54, 1.807) is 21.3 Å². The number of anilines is 1. The molecule has 0 amide bonds. The summed E-state index contributed by atoms with van der Waals surface area (Å²) in [5.41, 5.74) is 3.21. The number of nitrogens with one attached hydrogen (secondary N) is 1. The fourth-order valence-electron chi connectivity index (χ4n) is 4.25. The maximum Gasteiger partial charge on any atom is 0.174 e. The van der Waals surface area contributed by atoms with Crippen molar-refractivity contribution < 1.29 is 14.2 Å². The van der Waals surface area contributed by atoms with Crippen molar-refractivity contribution in [3.05, 3.63) is 57.0 Å². The van der Waals surface area contributed by atoms with Crippen molar-refractivity contribution in [1.29, 1.82) is 0 Å². The molecule has 1 aliphatic carbocycles. The van der Waals surface area contributed by atoms with Crippen LogP contribution in [0.1, 0.15) is 29.5 Å². The summed E-state index contributed by atoms with van der Waals surface area (Å²) < 4.78 is 17.5. The number of ether oxygens (including phenoxy) is 3. The topological polar surface area (TPSA) is 39.7 Å². The highest BCUT2D eigenvalue weighted by Gasteiger charge is 2.40. The number of fused-ring (bicyclic) bond motifs is 3. The van der Waals surface area contributed by atoms with Gasteiger partial charge in [-0.2, -0.15) is 0 Å². The molecule has 2 aliphatic rings. The molecule has 0 aromatic heterocycles. The Bertz CT molecular complexity index is 915. The molecule has 27 heavy (non-hydrogen) atoms. The minimum Gasteiger partial charge on any atom is -0.495 e. The minimum atomic E-state index is 0.0981. The summed E-state index contributed by atoms with van der Waals surface area (Å²) in [6, 6.07) is 8.06. The van der Waals surface area contributed by atoms with E-state index in [4.69, 9.17) is 25.8 Å². The maximum absolute atomic E-state index is 6.57. The van der Waals surface area contributed by atoms with E-state index in [1.807, 2.05) is 18.2 Å². The molecule has 0 radical (unpaired) electrons. The number of rotatable bonds is 4. The number of methoxy groups -OCH3 is 3. The molecule has 0 saturated heterocycles. The molecule has 0 fully saturated rings. The van der Waals surface area contributed by atoms with Crippen LogP contribution >= 0.6 is 27.5 Å². The Hall–Kier alpha value is -1.85. The number of allylic oxidation sites excluding steroid dienone is 2. The number of halogens is 2. The average Bonchev–Trinajstić information content (AvgIpc) is 3.16. The van der Waals surface area contributed by atoms with Crippen LogP contribution in [-0.4, -0.2) is 21.3 Å². The van der Waals surface area contributed by atoms with Gasteiger partial charge in [0.25, 0.3) is 0 Å². The molecule has 142 valence electrons. The summed E-state index contributed by atoms with van der Waals surface area (Å²) in [5, 5.41) is 4.46. The van der Waals surface area contributed by atoms with Gasteiger partial charge >= 0.3 is 0 Å². The van der Waals surface area contributed by atoms with Crippen LogP contribution in [0.4, 0.5) is 5.69 Å². The van der Waals surface area contributed by atoms with E-state index in [-0.39, 0.29) is 12.0 Å². The molecule has 3 atom stereocenters. The Morgan fingerprint density at radius 2 is 1.85 bits per heavy atom. The SMILES string of the molecule is COc1ccc(Cl)c2c1N[C@@H](c1cc(Br)c(OC)c(OC)c1)C1CC=CC21. The maximum atomic E-state index is 6.57. The summed E-state index contributed by atoms with van der Waals surface area (Å²) in [6.07, 6.45) is 5.49. The second kappa shape index (κ2) is 7.28. The Morgan fingerprint density at radius 3 is 2.56 bits per heavy atom. The van der Waals surface area contributed by atoms with Crippen LogP contribution in [-0.2, 0) is 0 Å². The molecule has 1 aliphatic heterocycles. The van der Waals surface area contributed by atoms with Gasteiger partial charge in [0.15, 0.2) is 11.5 Å². The van der Waals surface area contributed by atoms with Crippen molar-refractivity contribution >= 4 is 33.2 Å². The summed E-state index contributed by atoms with van der Waals surface area (Å²) in [7, 11) is 4.98. The van der Waals surface area contributed by atoms with Gasteiger partial charge in [-0.3, -0.25) is 0 Å². The lowest BCUT2D eigenvalue weighted by Crippen LogP contribution is -2.29. The quantitative estimate of drug-likeness (QED) is 0.584. The number of hydrogen-bond acceptors (Lipinski definition) is 4. The van der Waals surface area contributed by atoms with E-state index in [2.05, 4.69) is 39.5 Å². The third-order valence-corrected chi connectivity index (χ3v) is 6.38. The van der Waals surface area contributed by atoms with Gasteiger partial charge in [-0.1, -0.05) is 23.8 Å². The van der Waals surface area contributed by atoms with Crippen molar-refractivity contribution in [2.75, 3.05) is 26.6 Å². The van der Waals surface area contributed by atoms with Gasteiger partial charge in [0.1, 0.15) is 5.75 Å². The zero-order valence-electron chi connectivity index (χ0n) is 15.4. The van der Waals surface area contributed by atoms with Gasteiger partial charge in [0, 0.05) is 16.5 Å². The normalized spacial score (nSPS) is 22.6. The van der Waals surface area contributed by atoms with E-state index >= 15 is 0 Å². The lowest BCUT2D eigenvalue weighted by atomic mass is 9.76. The average molecular weight is 451 g/mol. The molecular weight excluding hydrogens is 430 g/mol. The van der Waals surface area contributed by atoms with Gasteiger partial charge in [-0.15, -0.1) is 0 Å². The van der Waals surface area contributed by atoms with Gasteiger partial charge in [-0.05, 0) is 58.1 Å². The second-order valence-corrected chi connectivity index (χ2v) is 8.01. The highest BCUT2D eigenvalue weighted by atomic mass is 79.9. The molecule has 1 heterocycles. The largest absolute Gasteiger partial charge is 0.495 e. The Morgan fingerprint density at radius 1 is 1.07 bits per heavy atom. The van der Waals surface area contributed by atoms with Crippen LogP contribution < -0.4 is 19.5 Å². The van der Waals surface area contributed by atoms with Crippen molar-refractivity contribution in [1.82, 2.24) is 0 Å². The van der Waals surface area contributed by atoms with E-state index in [0.29, 0.717) is 17.4 Å². The predicted octanol–water partition coefficient (Wildman–Crippen LogP) is 5.95. The third kappa shape index (κ3) is 2.97. The molecule has 0 saturated carbocycles. The van der Waals surface area contributed by atoms with E-state index in [1.165, 1.54) is 0 Å². The second-order valence-electron chi connectivity index (χ2n) is 6.75. The first kappa shape index (κ1) is 18.5. The van der Waals surface area contributed by atoms with Crippen LogP contribution in [0.25, 0.3) is 0 Å². The monoisotopic (exact) mass is 449 g/mol. The van der Waals surface area contributed by atoms with Gasteiger partial charge in [0.05, 0.1) is 37.5 Å². The molecule has 1 N–H and O–H groups in total. The first-order chi connectivity index (χ1) is 13.1. The molecule has 0 bridgehead atoms. The summed E-state index contributed by atoms with van der Waals surface area (Å²) >= 11 is 10.2. The number of hydrogen-bond donors (Lipinski definition) is 1.